The Morgan fingerprint density at radius 3 is 2.72 bits per heavy atom. The van der Waals surface area contributed by atoms with E-state index in [-0.39, 0.29) is 0 Å². The summed E-state index contributed by atoms with van der Waals surface area (Å²) >= 11 is 7.35. The van der Waals surface area contributed by atoms with Gasteiger partial charge in [-0.15, -0.1) is 0 Å². The number of halogens is 1. The molecule has 0 spiro atoms. The zero-order chi connectivity index (χ0) is 13.1. The first-order valence-corrected chi connectivity index (χ1v) is 6.25. The second-order valence-corrected chi connectivity index (χ2v) is 4.95. The van der Waals surface area contributed by atoms with Crippen molar-refractivity contribution in [2.45, 2.75) is 9.92 Å². The molecule has 0 aliphatic carbocycles. The highest BCUT2D eigenvalue weighted by atomic mass is 35.5. The molecule has 0 fully saturated rings. The van der Waals surface area contributed by atoms with E-state index in [0.717, 1.165) is 4.90 Å². The van der Waals surface area contributed by atoms with E-state index in [2.05, 4.69) is 4.98 Å². The lowest BCUT2D eigenvalue weighted by Gasteiger charge is -2.07. The van der Waals surface area contributed by atoms with Crippen LogP contribution in [0.4, 0.5) is 5.69 Å². The third kappa shape index (κ3) is 2.75. The SMILES string of the molecule is NC(=O)c1ccc(Sc2ncccc2Cl)c(N)c1. The summed E-state index contributed by atoms with van der Waals surface area (Å²) in [5.41, 5.74) is 11.9. The van der Waals surface area contributed by atoms with Gasteiger partial charge in [-0.1, -0.05) is 23.4 Å². The number of primary amides is 1. The molecule has 4 N–H and O–H groups in total. The Hall–Kier alpha value is -1.72. The fourth-order valence-electron chi connectivity index (χ4n) is 1.35. The van der Waals surface area contributed by atoms with Gasteiger partial charge >= 0.3 is 0 Å². The predicted octanol–water partition coefficient (Wildman–Crippen LogP) is 2.57. The predicted molar refractivity (Wildman–Crippen MR) is 72.7 cm³/mol. The standard InChI is InChI=1S/C12H10ClN3OS/c13-8-2-1-5-16-12(8)18-10-4-3-7(11(15)17)6-9(10)14/h1-6H,14H2,(H2,15,17). The molecule has 2 rings (SSSR count). The molecule has 0 unspecified atom stereocenters. The van der Waals surface area contributed by atoms with Gasteiger partial charge in [0.15, 0.2) is 0 Å². The van der Waals surface area contributed by atoms with Crippen LogP contribution in [0, 0.1) is 0 Å². The largest absolute Gasteiger partial charge is 0.398 e. The molecule has 1 amide bonds. The molecule has 4 nitrogen and oxygen atoms in total. The van der Waals surface area contributed by atoms with Gasteiger partial charge in [-0.2, -0.15) is 0 Å². The minimum atomic E-state index is -0.505. The zero-order valence-corrected chi connectivity index (χ0v) is 10.8. The van der Waals surface area contributed by atoms with Crippen LogP contribution in [0.15, 0.2) is 46.5 Å². The van der Waals surface area contributed by atoms with Crippen LogP contribution in [0.2, 0.25) is 5.02 Å². The number of amides is 1. The second-order valence-electron chi connectivity index (χ2n) is 3.51. The number of carbonyl (C=O) groups is 1. The number of nitrogen functional groups attached to an aromatic ring is 1. The van der Waals surface area contributed by atoms with Crippen LogP contribution in [-0.4, -0.2) is 10.9 Å². The van der Waals surface area contributed by atoms with Crippen molar-refractivity contribution < 1.29 is 4.79 Å². The minimum Gasteiger partial charge on any atom is -0.398 e. The van der Waals surface area contributed by atoms with E-state index in [1.54, 1.807) is 36.5 Å². The summed E-state index contributed by atoms with van der Waals surface area (Å²) < 4.78 is 0. The molecular formula is C12H10ClN3OS. The molecular weight excluding hydrogens is 270 g/mol. The smallest absolute Gasteiger partial charge is 0.248 e. The number of pyridine rings is 1. The van der Waals surface area contributed by atoms with Crippen molar-refractivity contribution in [2.75, 3.05) is 5.73 Å². The topological polar surface area (TPSA) is 82.0 Å². The van der Waals surface area contributed by atoms with Gasteiger partial charge in [-0.3, -0.25) is 4.79 Å². The molecule has 0 aliphatic heterocycles. The fourth-order valence-corrected chi connectivity index (χ4v) is 2.38. The quantitative estimate of drug-likeness (QED) is 0.846. The number of carbonyl (C=O) groups excluding carboxylic acids is 1. The summed E-state index contributed by atoms with van der Waals surface area (Å²) in [5.74, 6) is -0.505. The van der Waals surface area contributed by atoms with Crippen LogP contribution in [-0.2, 0) is 0 Å². The number of aromatic nitrogens is 1. The van der Waals surface area contributed by atoms with E-state index < -0.39 is 5.91 Å². The van der Waals surface area contributed by atoms with Crippen molar-refractivity contribution in [2.24, 2.45) is 5.73 Å². The van der Waals surface area contributed by atoms with E-state index in [9.17, 15) is 4.79 Å². The number of hydrogen-bond donors (Lipinski definition) is 2. The summed E-state index contributed by atoms with van der Waals surface area (Å²) in [6, 6.07) is 8.40. The number of nitrogens with zero attached hydrogens (tertiary/aromatic N) is 1. The first-order chi connectivity index (χ1) is 8.58. The fraction of sp³-hybridized carbons (Fsp3) is 0. The molecule has 6 heteroatoms. The molecule has 0 bridgehead atoms. The van der Waals surface area contributed by atoms with Crippen LogP contribution < -0.4 is 11.5 Å². The number of benzene rings is 1. The Labute approximate surface area is 113 Å². The van der Waals surface area contributed by atoms with E-state index in [0.29, 0.717) is 21.3 Å². The lowest BCUT2D eigenvalue weighted by molar-refractivity contribution is 0.100. The normalized spacial score (nSPS) is 10.3. The minimum absolute atomic E-state index is 0.379. The highest BCUT2D eigenvalue weighted by Gasteiger charge is 2.08. The van der Waals surface area contributed by atoms with Crippen molar-refractivity contribution in [3.63, 3.8) is 0 Å². The molecule has 1 aromatic heterocycles. The van der Waals surface area contributed by atoms with Gasteiger partial charge in [0.2, 0.25) is 5.91 Å². The van der Waals surface area contributed by atoms with E-state index in [4.69, 9.17) is 23.1 Å². The third-order valence-electron chi connectivity index (χ3n) is 2.23. The first kappa shape index (κ1) is 12.7. The number of nitrogens with two attached hydrogens (primary N) is 2. The molecule has 0 aliphatic rings. The van der Waals surface area contributed by atoms with Crippen molar-refractivity contribution in [3.8, 4) is 0 Å². The summed E-state index contributed by atoms with van der Waals surface area (Å²) in [7, 11) is 0. The Balaban J connectivity index is 2.30. The maximum Gasteiger partial charge on any atom is 0.248 e. The van der Waals surface area contributed by atoms with E-state index in [1.165, 1.54) is 11.8 Å². The van der Waals surface area contributed by atoms with Crippen molar-refractivity contribution >= 4 is 35.0 Å². The van der Waals surface area contributed by atoms with Gasteiger partial charge in [0, 0.05) is 22.3 Å². The molecule has 1 aromatic carbocycles. The average Bonchev–Trinajstić information content (AvgIpc) is 2.34. The first-order valence-electron chi connectivity index (χ1n) is 5.05. The van der Waals surface area contributed by atoms with Gasteiger partial charge in [0.25, 0.3) is 0 Å². The highest BCUT2D eigenvalue weighted by Crippen LogP contribution is 2.34. The highest BCUT2D eigenvalue weighted by molar-refractivity contribution is 7.99. The lowest BCUT2D eigenvalue weighted by atomic mass is 10.2. The van der Waals surface area contributed by atoms with Crippen LogP contribution in [0.3, 0.4) is 0 Å². The number of rotatable bonds is 3. The maximum atomic E-state index is 11.0. The van der Waals surface area contributed by atoms with Crippen LogP contribution in [0.25, 0.3) is 0 Å². The molecule has 1 heterocycles. The summed E-state index contributed by atoms with van der Waals surface area (Å²) in [6.45, 7) is 0. The molecule has 0 radical (unpaired) electrons. The monoisotopic (exact) mass is 279 g/mol. The Morgan fingerprint density at radius 2 is 2.11 bits per heavy atom. The van der Waals surface area contributed by atoms with Gasteiger partial charge in [0.05, 0.1) is 5.02 Å². The van der Waals surface area contributed by atoms with Gasteiger partial charge in [-0.05, 0) is 30.3 Å². The van der Waals surface area contributed by atoms with Crippen LogP contribution in [0.1, 0.15) is 10.4 Å². The molecule has 0 atom stereocenters. The lowest BCUT2D eigenvalue weighted by Crippen LogP contribution is -2.11. The molecule has 2 aromatic rings. The maximum absolute atomic E-state index is 11.0. The summed E-state index contributed by atoms with van der Waals surface area (Å²) in [4.78, 5) is 15.9. The van der Waals surface area contributed by atoms with E-state index >= 15 is 0 Å². The van der Waals surface area contributed by atoms with Crippen molar-refractivity contribution in [3.05, 3.63) is 47.1 Å². The summed E-state index contributed by atoms with van der Waals surface area (Å²) in [5, 5.41) is 1.22. The van der Waals surface area contributed by atoms with Crippen LogP contribution >= 0.6 is 23.4 Å². The van der Waals surface area contributed by atoms with Crippen molar-refractivity contribution in [1.82, 2.24) is 4.98 Å². The Kier molecular flexibility index (Phi) is 3.74. The Bertz CT molecular complexity index is 604. The van der Waals surface area contributed by atoms with Gasteiger partial charge in [0.1, 0.15) is 5.03 Å². The molecule has 0 saturated heterocycles. The number of hydrogen-bond acceptors (Lipinski definition) is 4. The van der Waals surface area contributed by atoms with Crippen LogP contribution in [0.5, 0.6) is 0 Å². The molecule has 18 heavy (non-hydrogen) atoms. The third-order valence-corrected chi connectivity index (χ3v) is 3.75. The average molecular weight is 280 g/mol. The molecule has 92 valence electrons. The molecule has 0 saturated carbocycles. The summed E-state index contributed by atoms with van der Waals surface area (Å²) in [6.07, 6.45) is 1.65. The van der Waals surface area contributed by atoms with Crippen molar-refractivity contribution in [1.29, 1.82) is 0 Å². The Morgan fingerprint density at radius 1 is 1.33 bits per heavy atom. The van der Waals surface area contributed by atoms with E-state index in [1.807, 2.05) is 0 Å². The van der Waals surface area contributed by atoms with Gasteiger partial charge in [-0.25, -0.2) is 4.98 Å². The van der Waals surface area contributed by atoms with Gasteiger partial charge < -0.3 is 11.5 Å². The zero-order valence-electron chi connectivity index (χ0n) is 9.26. The number of anilines is 1. The second kappa shape index (κ2) is 5.29.